The van der Waals surface area contributed by atoms with Crippen molar-refractivity contribution in [2.45, 2.75) is 32.1 Å². The van der Waals surface area contributed by atoms with Crippen LogP contribution in [-0.2, 0) is 5.67 Å². The first-order valence-electron chi connectivity index (χ1n) is 4.64. The molecule has 0 spiro atoms. The Hall–Kier alpha value is -1.06. The predicted molar refractivity (Wildman–Crippen MR) is 50.3 cm³/mol. The van der Waals surface area contributed by atoms with Crippen LogP contribution in [-0.4, -0.2) is 6.18 Å². The molecule has 0 radical (unpaired) electrons. The van der Waals surface area contributed by atoms with Gasteiger partial charge in [-0.2, -0.15) is 13.2 Å². The van der Waals surface area contributed by atoms with Crippen LogP contribution in [0.5, 0.6) is 0 Å². The van der Waals surface area contributed by atoms with E-state index in [1.165, 1.54) is 31.2 Å². The van der Waals surface area contributed by atoms with Crippen LogP contribution in [0.25, 0.3) is 0 Å². The summed E-state index contributed by atoms with van der Waals surface area (Å²) >= 11 is 0. The topological polar surface area (TPSA) is 0 Å². The summed E-state index contributed by atoms with van der Waals surface area (Å²) in [6, 6.07) is 5.33. The first-order valence-corrected chi connectivity index (χ1v) is 4.64. The molecule has 0 aliphatic heterocycles. The smallest absolute Gasteiger partial charge is 0.229 e. The van der Waals surface area contributed by atoms with Gasteiger partial charge in [-0.3, -0.25) is 0 Å². The van der Waals surface area contributed by atoms with Crippen molar-refractivity contribution in [3.05, 3.63) is 35.4 Å². The van der Waals surface area contributed by atoms with Gasteiger partial charge in [-0.15, -0.1) is 0 Å². The number of alkyl halides is 4. The Morgan fingerprint density at radius 3 is 1.80 bits per heavy atom. The molecule has 4 heteroatoms. The number of rotatable bonds is 2. The van der Waals surface area contributed by atoms with E-state index in [1.54, 1.807) is 6.92 Å². The molecule has 0 saturated carbocycles. The largest absolute Gasteiger partial charge is 0.426 e. The Morgan fingerprint density at radius 1 is 1.00 bits per heavy atom. The van der Waals surface area contributed by atoms with Crippen LogP contribution in [0.1, 0.15) is 24.5 Å². The molecule has 1 unspecified atom stereocenters. The molecule has 0 aromatic heterocycles. The molecule has 0 N–H and O–H groups in total. The minimum atomic E-state index is -4.86. The molecule has 1 rings (SSSR count). The van der Waals surface area contributed by atoms with Gasteiger partial charge in [-0.25, -0.2) is 4.39 Å². The summed E-state index contributed by atoms with van der Waals surface area (Å²) in [6.07, 6.45) is -5.48. The molecule has 0 saturated heterocycles. The van der Waals surface area contributed by atoms with E-state index in [4.69, 9.17) is 0 Å². The lowest BCUT2D eigenvalue weighted by molar-refractivity contribution is -0.236. The molecule has 0 heterocycles. The average molecular weight is 220 g/mol. The summed E-state index contributed by atoms with van der Waals surface area (Å²) in [5, 5.41) is 0. The van der Waals surface area contributed by atoms with Gasteiger partial charge >= 0.3 is 6.18 Å². The third-order valence-electron chi connectivity index (χ3n) is 2.45. The Labute approximate surface area is 85.9 Å². The van der Waals surface area contributed by atoms with Crippen molar-refractivity contribution in [3.8, 4) is 0 Å². The summed E-state index contributed by atoms with van der Waals surface area (Å²) in [4.78, 5) is 0. The van der Waals surface area contributed by atoms with Gasteiger partial charge in [-0.1, -0.05) is 36.8 Å². The summed E-state index contributed by atoms with van der Waals surface area (Å²) < 4.78 is 51.3. The average Bonchev–Trinajstić information content (AvgIpc) is 2.16. The van der Waals surface area contributed by atoms with Crippen LogP contribution in [0, 0.1) is 6.92 Å². The third-order valence-corrected chi connectivity index (χ3v) is 2.45. The van der Waals surface area contributed by atoms with Crippen molar-refractivity contribution in [1.82, 2.24) is 0 Å². The Balaban J connectivity index is 3.18. The minimum absolute atomic E-state index is 0.330. The first-order chi connectivity index (χ1) is 6.81. The number of hydrogen-bond acceptors (Lipinski definition) is 0. The van der Waals surface area contributed by atoms with E-state index in [1.807, 2.05) is 0 Å². The van der Waals surface area contributed by atoms with Gasteiger partial charge in [0, 0.05) is 0 Å². The van der Waals surface area contributed by atoms with Gasteiger partial charge < -0.3 is 0 Å². The molecule has 0 amide bonds. The van der Waals surface area contributed by atoms with Crippen LogP contribution >= 0.6 is 0 Å². The predicted octanol–water partition coefficient (Wildman–Crippen LogP) is 4.13. The number of benzene rings is 1. The Morgan fingerprint density at radius 2 is 1.47 bits per heavy atom. The van der Waals surface area contributed by atoms with Crippen molar-refractivity contribution in [2.75, 3.05) is 0 Å². The molecule has 1 aromatic carbocycles. The molecule has 1 atom stereocenters. The fraction of sp³-hybridized carbons (Fsp3) is 0.455. The lowest BCUT2D eigenvalue weighted by atomic mass is 9.92. The van der Waals surface area contributed by atoms with Crippen LogP contribution in [0.3, 0.4) is 0 Å². The van der Waals surface area contributed by atoms with Gasteiger partial charge in [0.15, 0.2) is 0 Å². The van der Waals surface area contributed by atoms with Gasteiger partial charge in [0.25, 0.3) is 0 Å². The van der Waals surface area contributed by atoms with Gasteiger partial charge in [0.2, 0.25) is 5.67 Å². The van der Waals surface area contributed by atoms with Crippen molar-refractivity contribution in [2.24, 2.45) is 0 Å². The van der Waals surface area contributed by atoms with E-state index in [-0.39, 0.29) is 5.56 Å². The third kappa shape index (κ3) is 2.13. The summed E-state index contributed by atoms with van der Waals surface area (Å²) in [6.45, 7) is 2.93. The van der Waals surface area contributed by atoms with Crippen LogP contribution in [0.2, 0.25) is 0 Å². The number of hydrogen-bond donors (Lipinski definition) is 0. The highest BCUT2D eigenvalue weighted by Crippen LogP contribution is 2.44. The zero-order chi connectivity index (χ0) is 11.7. The van der Waals surface area contributed by atoms with Crippen molar-refractivity contribution in [3.63, 3.8) is 0 Å². The molecule has 0 aliphatic rings. The van der Waals surface area contributed by atoms with E-state index >= 15 is 0 Å². The van der Waals surface area contributed by atoms with E-state index in [2.05, 4.69) is 0 Å². The van der Waals surface area contributed by atoms with Crippen molar-refractivity contribution >= 4 is 0 Å². The van der Waals surface area contributed by atoms with Gasteiger partial charge in [0.1, 0.15) is 0 Å². The van der Waals surface area contributed by atoms with E-state index in [9.17, 15) is 17.6 Å². The molecule has 15 heavy (non-hydrogen) atoms. The Kier molecular flexibility index (Phi) is 3.07. The second kappa shape index (κ2) is 3.83. The molecule has 0 bridgehead atoms. The van der Waals surface area contributed by atoms with Crippen molar-refractivity contribution in [1.29, 1.82) is 0 Å². The highest BCUT2D eigenvalue weighted by Gasteiger charge is 2.55. The maximum Gasteiger partial charge on any atom is 0.426 e. The second-order valence-corrected chi connectivity index (χ2v) is 3.52. The van der Waals surface area contributed by atoms with Crippen molar-refractivity contribution < 1.29 is 17.6 Å². The molecule has 0 fully saturated rings. The zero-order valence-corrected chi connectivity index (χ0v) is 8.53. The lowest BCUT2D eigenvalue weighted by Crippen LogP contribution is -2.37. The van der Waals surface area contributed by atoms with Crippen LogP contribution in [0.15, 0.2) is 24.3 Å². The molecule has 1 aromatic rings. The first kappa shape index (κ1) is 12.0. The minimum Gasteiger partial charge on any atom is -0.229 e. The summed E-state index contributed by atoms with van der Waals surface area (Å²) in [5.41, 5.74) is -2.76. The standard InChI is InChI=1S/C11H12F4/c1-3-10(12,11(13,14)15)9-6-4-8(2)5-7-9/h4-7H,3H2,1-2H3. The fourth-order valence-corrected chi connectivity index (χ4v) is 1.39. The highest BCUT2D eigenvalue weighted by atomic mass is 19.4. The molecule has 0 nitrogen and oxygen atoms in total. The SMILES string of the molecule is CCC(F)(c1ccc(C)cc1)C(F)(F)F. The number of aryl methyl sites for hydroxylation is 1. The molecular formula is C11H12F4. The molecular weight excluding hydrogens is 208 g/mol. The highest BCUT2D eigenvalue weighted by molar-refractivity contribution is 5.27. The van der Waals surface area contributed by atoms with E-state index in [0.717, 1.165) is 5.56 Å². The maximum atomic E-state index is 13.8. The fourth-order valence-electron chi connectivity index (χ4n) is 1.39. The van der Waals surface area contributed by atoms with Crippen LogP contribution < -0.4 is 0 Å². The molecule has 84 valence electrons. The molecule has 0 aliphatic carbocycles. The van der Waals surface area contributed by atoms with Gasteiger partial charge in [-0.05, 0) is 18.9 Å². The number of halogens is 4. The van der Waals surface area contributed by atoms with Crippen LogP contribution in [0.4, 0.5) is 17.6 Å². The lowest BCUT2D eigenvalue weighted by Gasteiger charge is -2.27. The van der Waals surface area contributed by atoms with E-state index in [0.29, 0.717) is 0 Å². The second-order valence-electron chi connectivity index (χ2n) is 3.52. The normalized spacial score (nSPS) is 16.1. The van der Waals surface area contributed by atoms with E-state index < -0.39 is 18.3 Å². The maximum absolute atomic E-state index is 13.8. The monoisotopic (exact) mass is 220 g/mol. The van der Waals surface area contributed by atoms with Gasteiger partial charge in [0.05, 0.1) is 0 Å². The summed E-state index contributed by atoms with van der Waals surface area (Å²) in [7, 11) is 0. The summed E-state index contributed by atoms with van der Waals surface area (Å²) in [5.74, 6) is 0. The zero-order valence-electron chi connectivity index (χ0n) is 8.53. The Bertz CT molecular complexity index is 325. The quantitative estimate of drug-likeness (QED) is 0.657.